The number of thiol groups is 1. The summed E-state index contributed by atoms with van der Waals surface area (Å²) in [7, 11) is 0. The normalized spacial score (nSPS) is 27.2. The number of halogens is 1. The van der Waals surface area contributed by atoms with Gasteiger partial charge in [-0.25, -0.2) is 4.39 Å². The molecule has 32 heavy (non-hydrogen) atoms. The topological polar surface area (TPSA) is 49.7 Å². The summed E-state index contributed by atoms with van der Waals surface area (Å²) in [5.74, 6) is 3.87. The standard InChI is InChI=1S/C27H42FNO2S/c28-27-19-25(23(15-17-30)14-16-29-31)12-13-26(27)24-10-8-22(9-11-24)21-6-4-20(5-7-21)3-1-2-18-32/h12-13,19-24,30,32H,1-11,14-18H2. The number of hydrogen-bond acceptors (Lipinski definition) is 4. The minimum Gasteiger partial charge on any atom is -0.396 e. The molecular weight excluding hydrogens is 421 g/mol. The summed E-state index contributed by atoms with van der Waals surface area (Å²) in [5.41, 5.74) is 1.74. The zero-order valence-corrected chi connectivity index (χ0v) is 20.5. The Balaban J connectivity index is 1.49. The van der Waals surface area contributed by atoms with Crippen LogP contribution < -0.4 is 0 Å². The van der Waals surface area contributed by atoms with Crippen LogP contribution in [0.5, 0.6) is 0 Å². The Labute approximate surface area is 199 Å². The van der Waals surface area contributed by atoms with Crippen molar-refractivity contribution in [3.8, 4) is 0 Å². The second-order valence-corrected chi connectivity index (χ2v) is 10.7. The van der Waals surface area contributed by atoms with Gasteiger partial charge in [-0.3, -0.25) is 0 Å². The van der Waals surface area contributed by atoms with Gasteiger partial charge in [-0.1, -0.05) is 43.0 Å². The first-order chi connectivity index (χ1) is 15.7. The van der Waals surface area contributed by atoms with Gasteiger partial charge < -0.3 is 5.11 Å². The van der Waals surface area contributed by atoms with Gasteiger partial charge in [-0.15, -0.1) is 0 Å². The Hall–Kier alpha value is -0.940. The zero-order chi connectivity index (χ0) is 22.8. The van der Waals surface area contributed by atoms with Crippen molar-refractivity contribution in [2.24, 2.45) is 22.9 Å². The molecule has 0 bridgehead atoms. The predicted octanol–water partition coefficient (Wildman–Crippen LogP) is 7.63. The number of benzene rings is 1. The van der Waals surface area contributed by atoms with Crippen molar-refractivity contribution >= 4 is 12.6 Å². The first-order valence-electron chi connectivity index (χ1n) is 13.0. The molecule has 2 fully saturated rings. The monoisotopic (exact) mass is 463 g/mol. The van der Waals surface area contributed by atoms with E-state index in [1.54, 1.807) is 6.07 Å². The number of hydrogen-bond donors (Lipinski definition) is 2. The molecule has 2 saturated carbocycles. The maximum Gasteiger partial charge on any atom is 0.126 e. The molecular formula is C27H42FNO2S. The highest BCUT2D eigenvalue weighted by molar-refractivity contribution is 7.80. The van der Waals surface area contributed by atoms with E-state index in [2.05, 4.69) is 17.8 Å². The van der Waals surface area contributed by atoms with E-state index in [0.29, 0.717) is 18.8 Å². The minimum atomic E-state index is -0.116. The van der Waals surface area contributed by atoms with Crippen LogP contribution in [0.15, 0.2) is 23.4 Å². The fourth-order valence-corrected chi connectivity index (χ4v) is 6.59. The molecule has 180 valence electrons. The molecule has 1 unspecified atom stereocenters. The average molecular weight is 464 g/mol. The SMILES string of the molecule is O=NCCC(CCO)c1ccc(C2CCC(C3CCC(CCCCS)CC3)CC2)c(F)c1. The largest absolute Gasteiger partial charge is 0.396 e. The van der Waals surface area contributed by atoms with Crippen LogP contribution in [0.1, 0.15) is 106 Å². The minimum absolute atomic E-state index is 0.00925. The molecule has 0 aromatic heterocycles. The molecule has 0 amide bonds. The maximum atomic E-state index is 15.0. The fraction of sp³-hybridized carbons (Fsp3) is 0.778. The third-order valence-electron chi connectivity index (χ3n) is 8.33. The molecule has 1 aromatic rings. The number of aliphatic hydroxyl groups excluding tert-OH is 1. The van der Waals surface area contributed by atoms with E-state index >= 15 is 4.39 Å². The highest BCUT2D eigenvalue weighted by Gasteiger charge is 2.32. The summed E-state index contributed by atoms with van der Waals surface area (Å²) >= 11 is 4.33. The molecule has 1 aromatic carbocycles. The summed E-state index contributed by atoms with van der Waals surface area (Å²) in [6, 6.07) is 5.61. The summed E-state index contributed by atoms with van der Waals surface area (Å²) < 4.78 is 15.0. The Bertz CT molecular complexity index is 684. The quantitative estimate of drug-likeness (QED) is 0.190. The molecule has 2 aliphatic rings. The van der Waals surface area contributed by atoms with E-state index < -0.39 is 0 Å². The summed E-state index contributed by atoms with van der Waals surface area (Å²) in [5, 5.41) is 12.2. The van der Waals surface area contributed by atoms with Crippen molar-refractivity contribution in [3.05, 3.63) is 40.1 Å². The van der Waals surface area contributed by atoms with Gasteiger partial charge in [0.1, 0.15) is 5.82 Å². The Morgan fingerprint density at radius 3 is 2.28 bits per heavy atom. The van der Waals surface area contributed by atoms with Crippen molar-refractivity contribution in [1.29, 1.82) is 0 Å². The van der Waals surface area contributed by atoms with Crippen molar-refractivity contribution < 1.29 is 9.50 Å². The third-order valence-corrected chi connectivity index (χ3v) is 8.65. The van der Waals surface area contributed by atoms with Crippen LogP contribution in [0.25, 0.3) is 0 Å². The molecule has 0 heterocycles. The van der Waals surface area contributed by atoms with Crippen LogP contribution in [-0.4, -0.2) is 24.0 Å². The lowest BCUT2D eigenvalue weighted by atomic mass is 9.68. The van der Waals surface area contributed by atoms with E-state index in [-0.39, 0.29) is 24.9 Å². The molecule has 1 atom stereocenters. The van der Waals surface area contributed by atoms with Crippen LogP contribution in [0.2, 0.25) is 0 Å². The molecule has 3 nitrogen and oxygen atoms in total. The van der Waals surface area contributed by atoms with Gasteiger partial charge in [0.15, 0.2) is 0 Å². The van der Waals surface area contributed by atoms with Crippen LogP contribution >= 0.6 is 12.6 Å². The number of aliphatic hydroxyl groups is 1. The number of nitrogens with zero attached hydrogens (tertiary/aromatic N) is 1. The van der Waals surface area contributed by atoms with Crippen LogP contribution in [0.3, 0.4) is 0 Å². The molecule has 0 spiro atoms. The van der Waals surface area contributed by atoms with Gasteiger partial charge in [0.2, 0.25) is 0 Å². The van der Waals surface area contributed by atoms with Crippen molar-refractivity contribution in [2.75, 3.05) is 18.9 Å². The van der Waals surface area contributed by atoms with Gasteiger partial charge in [0, 0.05) is 6.61 Å². The van der Waals surface area contributed by atoms with E-state index in [4.69, 9.17) is 0 Å². The molecule has 1 N–H and O–H groups in total. The van der Waals surface area contributed by atoms with E-state index in [1.165, 1.54) is 57.8 Å². The fourth-order valence-electron chi connectivity index (χ4n) is 6.37. The predicted molar refractivity (Wildman–Crippen MR) is 134 cm³/mol. The first-order valence-corrected chi connectivity index (χ1v) is 13.6. The van der Waals surface area contributed by atoms with Gasteiger partial charge in [-0.2, -0.15) is 17.5 Å². The van der Waals surface area contributed by atoms with Crippen LogP contribution in [0, 0.1) is 28.5 Å². The maximum absolute atomic E-state index is 15.0. The highest BCUT2D eigenvalue weighted by atomic mass is 32.1. The molecule has 5 heteroatoms. The Morgan fingerprint density at radius 1 is 1.00 bits per heavy atom. The molecule has 0 saturated heterocycles. The highest BCUT2D eigenvalue weighted by Crippen LogP contribution is 2.45. The zero-order valence-electron chi connectivity index (χ0n) is 19.6. The smallest absolute Gasteiger partial charge is 0.126 e. The van der Waals surface area contributed by atoms with Crippen molar-refractivity contribution in [3.63, 3.8) is 0 Å². The molecule has 3 rings (SSSR count). The van der Waals surface area contributed by atoms with E-state index in [1.807, 2.05) is 12.1 Å². The Kier molecular flexibility index (Phi) is 11.0. The second kappa shape index (κ2) is 13.7. The van der Waals surface area contributed by atoms with Gasteiger partial charge in [-0.05, 0) is 110 Å². The van der Waals surface area contributed by atoms with Gasteiger partial charge >= 0.3 is 0 Å². The van der Waals surface area contributed by atoms with Gasteiger partial charge in [0.05, 0.1) is 6.54 Å². The number of rotatable bonds is 12. The van der Waals surface area contributed by atoms with Crippen LogP contribution in [-0.2, 0) is 0 Å². The van der Waals surface area contributed by atoms with Crippen molar-refractivity contribution in [1.82, 2.24) is 0 Å². The molecule has 0 radical (unpaired) electrons. The lowest BCUT2D eigenvalue weighted by Gasteiger charge is -2.38. The summed E-state index contributed by atoms with van der Waals surface area (Å²) in [6.45, 7) is 0.240. The summed E-state index contributed by atoms with van der Waals surface area (Å²) in [4.78, 5) is 10.5. The van der Waals surface area contributed by atoms with E-state index in [0.717, 1.165) is 47.5 Å². The molecule has 2 aliphatic carbocycles. The summed E-state index contributed by atoms with van der Waals surface area (Å²) in [6.07, 6.45) is 15.3. The lowest BCUT2D eigenvalue weighted by molar-refractivity contribution is 0.155. The first kappa shape index (κ1) is 25.7. The Morgan fingerprint density at radius 2 is 1.69 bits per heavy atom. The van der Waals surface area contributed by atoms with E-state index in [9.17, 15) is 10.0 Å². The van der Waals surface area contributed by atoms with Crippen LogP contribution in [0.4, 0.5) is 4.39 Å². The number of nitroso groups, excluding NO2 is 1. The van der Waals surface area contributed by atoms with Crippen molar-refractivity contribution in [2.45, 2.75) is 95.3 Å². The molecule has 0 aliphatic heterocycles. The second-order valence-electron chi connectivity index (χ2n) is 10.2. The third kappa shape index (κ3) is 7.28. The van der Waals surface area contributed by atoms with Gasteiger partial charge in [0.25, 0.3) is 0 Å². The lowest BCUT2D eigenvalue weighted by Crippen LogP contribution is -2.25. The number of unbranched alkanes of at least 4 members (excludes halogenated alkanes) is 1. The average Bonchev–Trinajstić information content (AvgIpc) is 2.82.